The van der Waals surface area contributed by atoms with Gasteiger partial charge in [0.1, 0.15) is 24.2 Å². The number of aliphatic hydroxyl groups excluding tert-OH is 2. The molecule has 1 rings (SSSR count). The van der Waals surface area contributed by atoms with Crippen LogP contribution in [0.25, 0.3) is 0 Å². The second-order valence-corrected chi connectivity index (χ2v) is 10.7. The summed E-state index contributed by atoms with van der Waals surface area (Å²) in [7, 11) is 0. The van der Waals surface area contributed by atoms with Gasteiger partial charge < -0.3 is 64.8 Å². The molecule has 8 atom stereocenters. The van der Waals surface area contributed by atoms with Crippen LogP contribution in [0.5, 0.6) is 0 Å². The topological polar surface area (TPSA) is 327 Å². The fourth-order valence-electron chi connectivity index (χ4n) is 4.15. The molecule has 0 bridgehead atoms. The summed E-state index contributed by atoms with van der Waals surface area (Å²) in [5.41, 5.74) is 23.2. The maximum absolute atomic E-state index is 13.4. The van der Waals surface area contributed by atoms with Crippen molar-refractivity contribution in [2.45, 2.75) is 81.6 Å². The first-order valence-electron chi connectivity index (χ1n) is 14.7. The molecular weight excluding hydrogens is 606 g/mol. The molecule has 0 aliphatic carbocycles. The highest BCUT2D eigenvalue weighted by atomic mass is 16.4. The first-order chi connectivity index (χ1) is 21.7. The molecule has 18 heteroatoms. The molecule has 0 aromatic heterocycles. The van der Waals surface area contributed by atoms with Gasteiger partial charge in [0.15, 0.2) is 6.04 Å². The van der Waals surface area contributed by atoms with Gasteiger partial charge in [-0.25, -0.2) is 4.79 Å². The van der Waals surface area contributed by atoms with Crippen molar-refractivity contribution in [2.24, 2.45) is 22.9 Å². The number of benzene rings is 1. The fraction of sp³-hybridized carbons (Fsp3) is 0.571. The third-order valence-electron chi connectivity index (χ3n) is 6.80. The van der Waals surface area contributed by atoms with Gasteiger partial charge in [0, 0.05) is 13.0 Å². The van der Waals surface area contributed by atoms with Crippen molar-refractivity contribution in [3.05, 3.63) is 35.9 Å². The van der Waals surface area contributed by atoms with Crippen LogP contribution in [0.4, 0.5) is 0 Å². The third kappa shape index (κ3) is 13.0. The van der Waals surface area contributed by atoms with E-state index in [1.165, 1.54) is 6.92 Å². The molecule has 5 amide bonds. The Labute approximate surface area is 266 Å². The number of hydrogen-bond donors (Lipinski definition) is 12. The summed E-state index contributed by atoms with van der Waals surface area (Å²) in [5, 5.41) is 40.9. The first kappa shape index (κ1) is 39.8. The fourth-order valence-corrected chi connectivity index (χ4v) is 4.15. The molecule has 0 heterocycles. The quantitative estimate of drug-likeness (QED) is 0.0625. The Morgan fingerprint density at radius 2 is 1.13 bits per heavy atom. The van der Waals surface area contributed by atoms with Crippen LogP contribution >= 0.6 is 0 Å². The summed E-state index contributed by atoms with van der Waals surface area (Å²) in [4.78, 5) is 76.2. The lowest BCUT2D eigenvalue weighted by molar-refractivity contribution is -0.145. The Morgan fingerprint density at radius 3 is 1.63 bits per heavy atom. The van der Waals surface area contributed by atoms with Gasteiger partial charge in [-0.05, 0) is 45.3 Å². The van der Waals surface area contributed by atoms with Crippen LogP contribution in [0.1, 0.15) is 32.3 Å². The number of carboxylic acids is 1. The van der Waals surface area contributed by atoms with Crippen LogP contribution in [0.2, 0.25) is 0 Å². The third-order valence-corrected chi connectivity index (χ3v) is 6.80. The zero-order chi connectivity index (χ0) is 35.0. The van der Waals surface area contributed by atoms with E-state index >= 15 is 0 Å². The highest BCUT2D eigenvalue weighted by molar-refractivity contribution is 5.96. The van der Waals surface area contributed by atoms with E-state index in [4.69, 9.17) is 22.9 Å². The molecule has 0 unspecified atom stereocenters. The Morgan fingerprint density at radius 1 is 0.652 bits per heavy atom. The van der Waals surface area contributed by atoms with Gasteiger partial charge in [-0.2, -0.15) is 0 Å². The van der Waals surface area contributed by atoms with Crippen molar-refractivity contribution < 1.29 is 44.1 Å². The molecule has 0 aliphatic heterocycles. The van der Waals surface area contributed by atoms with Gasteiger partial charge in [-0.15, -0.1) is 0 Å². The molecule has 1 aromatic carbocycles. The molecule has 0 spiro atoms. The molecule has 1 aromatic rings. The number of nitrogens with one attached hydrogen (secondary N) is 5. The molecule has 258 valence electrons. The Hall–Kier alpha value is -4.20. The Kier molecular flexibility index (Phi) is 17.3. The lowest BCUT2D eigenvalue weighted by Crippen LogP contribution is -2.62. The predicted molar refractivity (Wildman–Crippen MR) is 165 cm³/mol. The first-order valence-corrected chi connectivity index (χ1v) is 14.7. The zero-order valence-electron chi connectivity index (χ0n) is 25.8. The second-order valence-electron chi connectivity index (χ2n) is 10.7. The van der Waals surface area contributed by atoms with Crippen LogP contribution in [-0.4, -0.2) is 119 Å². The minimum atomic E-state index is -1.68. The van der Waals surface area contributed by atoms with Gasteiger partial charge in [-0.1, -0.05) is 30.3 Å². The number of rotatable bonds is 20. The lowest BCUT2D eigenvalue weighted by atomic mass is 10.0. The molecule has 0 radical (unpaired) electrons. The van der Waals surface area contributed by atoms with Gasteiger partial charge in [-0.3, -0.25) is 24.0 Å². The zero-order valence-corrected chi connectivity index (χ0v) is 25.8. The van der Waals surface area contributed by atoms with Crippen LogP contribution in [-0.2, 0) is 35.2 Å². The standard InChI is InChI=1S/C28H47N9O9/c1-14(38)21(36-25(42)19(12-16-6-4-3-5-7-16)34-23(40)17(32)8-10-29)27(44)33-18(9-11-30)24(41)35-20(13-31)26(43)37-22(15(2)39)28(45)46/h3-7,14-15,17-22,38-39H,8-13,29-32H2,1-2H3,(H,33,44)(H,34,40)(H,35,41)(H,36,42)(H,37,43)(H,45,46)/t14-,15-,17+,18+,19-,20+,21+,22+/m1/s1. The summed E-state index contributed by atoms with van der Waals surface area (Å²) in [6, 6.07) is 0.355. The summed E-state index contributed by atoms with van der Waals surface area (Å²) in [6.45, 7) is 1.92. The molecule has 46 heavy (non-hydrogen) atoms. The van der Waals surface area contributed by atoms with Crippen molar-refractivity contribution in [3.63, 3.8) is 0 Å². The van der Waals surface area contributed by atoms with E-state index in [2.05, 4.69) is 26.6 Å². The van der Waals surface area contributed by atoms with E-state index in [0.29, 0.717) is 5.56 Å². The molecule has 18 nitrogen and oxygen atoms in total. The number of carboxylic acid groups (broad SMARTS) is 1. The van der Waals surface area contributed by atoms with Crippen molar-refractivity contribution in [1.29, 1.82) is 0 Å². The number of amides is 5. The smallest absolute Gasteiger partial charge is 0.328 e. The molecule has 0 fully saturated rings. The summed E-state index contributed by atoms with van der Waals surface area (Å²) >= 11 is 0. The number of aliphatic hydroxyl groups is 2. The van der Waals surface area contributed by atoms with Crippen molar-refractivity contribution in [3.8, 4) is 0 Å². The maximum Gasteiger partial charge on any atom is 0.328 e. The average Bonchev–Trinajstić information content (AvgIpc) is 3.00. The molecule has 0 saturated carbocycles. The predicted octanol–water partition coefficient (Wildman–Crippen LogP) is -5.52. The van der Waals surface area contributed by atoms with E-state index in [0.717, 1.165) is 6.92 Å². The van der Waals surface area contributed by atoms with Gasteiger partial charge in [0.05, 0.1) is 18.2 Å². The van der Waals surface area contributed by atoms with Crippen LogP contribution in [0.15, 0.2) is 30.3 Å². The Balaban J connectivity index is 3.11. The van der Waals surface area contributed by atoms with E-state index in [9.17, 15) is 44.1 Å². The summed E-state index contributed by atoms with van der Waals surface area (Å²) in [5.74, 6) is -5.92. The van der Waals surface area contributed by atoms with Crippen molar-refractivity contribution >= 4 is 35.5 Å². The van der Waals surface area contributed by atoms with Crippen LogP contribution in [0.3, 0.4) is 0 Å². The van der Waals surface area contributed by atoms with E-state index in [-0.39, 0.29) is 32.4 Å². The highest BCUT2D eigenvalue weighted by Gasteiger charge is 2.34. The molecule has 0 aliphatic rings. The molecule has 16 N–H and O–H groups in total. The number of hydrogen-bond acceptors (Lipinski definition) is 12. The normalized spacial score (nSPS) is 16.3. The van der Waals surface area contributed by atoms with Crippen LogP contribution < -0.4 is 49.5 Å². The number of nitrogens with two attached hydrogens (primary N) is 4. The largest absolute Gasteiger partial charge is 0.480 e. The minimum absolute atomic E-state index is 0.0143. The number of carbonyl (C=O) groups excluding carboxylic acids is 5. The summed E-state index contributed by atoms with van der Waals surface area (Å²) < 4.78 is 0. The van der Waals surface area contributed by atoms with E-state index in [1.54, 1.807) is 30.3 Å². The molecule has 0 saturated heterocycles. The monoisotopic (exact) mass is 653 g/mol. The van der Waals surface area contributed by atoms with E-state index < -0.39 is 90.5 Å². The SMILES string of the molecule is C[C@@H](O)[C@H](NC(=O)[C@H](CN)NC(=O)[C@H](CCN)NC(=O)[C@@H](NC(=O)[C@@H](Cc1ccccc1)NC(=O)[C@@H](N)CCN)[C@@H](C)O)C(=O)O. The maximum atomic E-state index is 13.4. The van der Waals surface area contributed by atoms with Gasteiger partial charge in [0.25, 0.3) is 0 Å². The second kappa shape index (κ2) is 20.0. The Bertz CT molecular complexity index is 1170. The van der Waals surface area contributed by atoms with Gasteiger partial charge >= 0.3 is 5.97 Å². The van der Waals surface area contributed by atoms with Crippen LogP contribution in [0, 0.1) is 0 Å². The highest BCUT2D eigenvalue weighted by Crippen LogP contribution is 2.06. The number of aliphatic carboxylic acids is 1. The van der Waals surface area contributed by atoms with Crippen molar-refractivity contribution in [2.75, 3.05) is 19.6 Å². The summed E-state index contributed by atoms with van der Waals surface area (Å²) in [6.07, 6.45) is -2.92. The molecular formula is C28H47N9O9. The van der Waals surface area contributed by atoms with Crippen molar-refractivity contribution in [1.82, 2.24) is 26.6 Å². The number of carbonyl (C=O) groups is 6. The average molecular weight is 654 g/mol. The van der Waals surface area contributed by atoms with Gasteiger partial charge in [0.2, 0.25) is 29.5 Å². The lowest BCUT2D eigenvalue weighted by Gasteiger charge is -2.28. The minimum Gasteiger partial charge on any atom is -0.480 e. The van der Waals surface area contributed by atoms with E-state index in [1.807, 2.05) is 0 Å².